The molecule has 2 unspecified atom stereocenters. The van der Waals surface area contributed by atoms with Gasteiger partial charge in [-0.2, -0.15) is 0 Å². The number of aliphatic hydroxyl groups excluding tert-OH is 1. The zero-order valence-electron chi connectivity index (χ0n) is 15.2. The summed E-state index contributed by atoms with van der Waals surface area (Å²) in [7, 11) is 0. The molecule has 8 heteroatoms. The second kappa shape index (κ2) is 7.22. The number of carbonyl (C=O) groups excluding carboxylic acids is 1. The molecule has 2 aliphatic carbocycles. The smallest absolute Gasteiger partial charge is 0.282 e. The monoisotopic (exact) mass is 381 g/mol. The lowest BCUT2D eigenvalue weighted by molar-refractivity contribution is -0.0265. The van der Waals surface area contributed by atoms with Gasteiger partial charge in [0, 0.05) is 0 Å². The van der Waals surface area contributed by atoms with Gasteiger partial charge in [0.1, 0.15) is 11.4 Å². The lowest BCUT2D eigenvalue weighted by Crippen LogP contribution is -2.56. The second-order valence-electron chi connectivity index (χ2n) is 7.92. The molecule has 2 atom stereocenters. The summed E-state index contributed by atoms with van der Waals surface area (Å²) in [4.78, 5) is 18.4. The van der Waals surface area contributed by atoms with E-state index < -0.39 is 12.0 Å². The van der Waals surface area contributed by atoms with Crippen LogP contribution < -0.4 is 15.0 Å². The maximum atomic E-state index is 13.2. The van der Waals surface area contributed by atoms with E-state index in [9.17, 15) is 18.7 Å². The van der Waals surface area contributed by atoms with Gasteiger partial charge in [-0.05, 0) is 43.7 Å². The van der Waals surface area contributed by atoms with E-state index in [0.717, 1.165) is 32.1 Å². The van der Waals surface area contributed by atoms with Crippen LogP contribution in [0.15, 0.2) is 12.1 Å². The van der Waals surface area contributed by atoms with Crippen molar-refractivity contribution in [2.24, 2.45) is 5.92 Å². The number of ether oxygens (including phenoxy) is 1. The van der Waals surface area contributed by atoms with E-state index in [2.05, 4.69) is 10.3 Å². The van der Waals surface area contributed by atoms with Crippen LogP contribution >= 0.6 is 0 Å². The van der Waals surface area contributed by atoms with E-state index in [1.54, 1.807) is 6.07 Å². The first kappa shape index (κ1) is 18.4. The molecular weight excluding hydrogens is 356 g/mol. The third-order valence-corrected chi connectivity index (χ3v) is 5.46. The van der Waals surface area contributed by atoms with E-state index in [1.807, 2.05) is 0 Å². The lowest BCUT2D eigenvalue weighted by Gasteiger charge is -2.40. The van der Waals surface area contributed by atoms with Crippen molar-refractivity contribution in [2.45, 2.75) is 56.6 Å². The highest BCUT2D eigenvalue weighted by atomic mass is 19.3. The zero-order valence-corrected chi connectivity index (χ0v) is 15.2. The number of pyridine rings is 1. The number of halogens is 2. The molecule has 4 rings (SSSR count). The molecule has 2 N–H and O–H groups in total. The Morgan fingerprint density at radius 1 is 1.26 bits per heavy atom. The highest BCUT2D eigenvalue weighted by molar-refractivity contribution is 5.93. The Kier molecular flexibility index (Phi) is 4.92. The van der Waals surface area contributed by atoms with Gasteiger partial charge in [-0.15, -0.1) is 0 Å². The fraction of sp³-hybridized carbons (Fsp3) is 0.684. The summed E-state index contributed by atoms with van der Waals surface area (Å²) in [6.07, 6.45) is 4.98. The molecule has 0 spiro atoms. The third-order valence-electron chi connectivity index (χ3n) is 5.46. The molecule has 1 amide bonds. The van der Waals surface area contributed by atoms with Crippen LogP contribution in [0.3, 0.4) is 0 Å². The molecule has 1 saturated heterocycles. The largest absolute Gasteiger partial charge is 0.476 e. The van der Waals surface area contributed by atoms with Crippen molar-refractivity contribution in [3.8, 4) is 5.88 Å². The molecule has 1 aromatic heterocycles. The highest BCUT2D eigenvalue weighted by Gasteiger charge is 2.45. The molecule has 2 heterocycles. The van der Waals surface area contributed by atoms with E-state index >= 15 is 0 Å². The Labute approximate surface area is 156 Å². The van der Waals surface area contributed by atoms with E-state index in [4.69, 9.17) is 4.74 Å². The van der Waals surface area contributed by atoms with Crippen molar-refractivity contribution in [1.29, 1.82) is 0 Å². The first-order chi connectivity index (χ1) is 12.9. The SMILES string of the molecule is O=C(NC1CCCCC1O)c1ccc(N2CC(F)(F)C2)c(OCC2CC2)n1. The second-order valence-corrected chi connectivity index (χ2v) is 7.92. The fourth-order valence-electron chi connectivity index (χ4n) is 3.59. The number of rotatable bonds is 6. The highest BCUT2D eigenvalue weighted by Crippen LogP contribution is 2.38. The number of hydrogen-bond donors (Lipinski definition) is 2. The van der Waals surface area contributed by atoms with Crippen LogP contribution in [0.25, 0.3) is 0 Å². The molecule has 0 bridgehead atoms. The van der Waals surface area contributed by atoms with Crippen LogP contribution in [0, 0.1) is 5.92 Å². The molecule has 1 aromatic rings. The Morgan fingerprint density at radius 3 is 2.67 bits per heavy atom. The molecule has 2 saturated carbocycles. The first-order valence-corrected chi connectivity index (χ1v) is 9.67. The summed E-state index contributed by atoms with van der Waals surface area (Å²) in [6, 6.07) is 2.87. The Hall–Kier alpha value is -1.96. The number of aliphatic hydroxyl groups is 1. The molecule has 6 nitrogen and oxygen atoms in total. The number of nitrogens with zero attached hydrogens (tertiary/aromatic N) is 2. The van der Waals surface area contributed by atoms with Gasteiger partial charge in [-0.25, -0.2) is 13.8 Å². The number of nitrogens with one attached hydrogen (secondary N) is 1. The number of carbonyl (C=O) groups is 1. The van der Waals surface area contributed by atoms with Crippen LogP contribution in [0.4, 0.5) is 14.5 Å². The van der Waals surface area contributed by atoms with Crippen LogP contribution in [0.1, 0.15) is 49.0 Å². The van der Waals surface area contributed by atoms with Gasteiger partial charge < -0.3 is 20.1 Å². The number of amides is 1. The summed E-state index contributed by atoms with van der Waals surface area (Å²) in [5.41, 5.74) is 0.672. The Bertz CT molecular complexity index is 703. The van der Waals surface area contributed by atoms with Crippen LogP contribution in [0.2, 0.25) is 0 Å². The van der Waals surface area contributed by atoms with E-state index in [0.29, 0.717) is 24.6 Å². The topological polar surface area (TPSA) is 74.7 Å². The number of aromatic nitrogens is 1. The molecule has 0 radical (unpaired) electrons. The number of alkyl halides is 2. The Balaban J connectivity index is 1.48. The maximum absolute atomic E-state index is 13.2. The van der Waals surface area contributed by atoms with Crippen LogP contribution in [-0.2, 0) is 0 Å². The van der Waals surface area contributed by atoms with Crippen molar-refractivity contribution in [1.82, 2.24) is 10.3 Å². The van der Waals surface area contributed by atoms with Crippen molar-refractivity contribution in [3.05, 3.63) is 17.8 Å². The number of anilines is 1. The van der Waals surface area contributed by atoms with Gasteiger partial charge in [-0.1, -0.05) is 12.8 Å². The fourth-order valence-corrected chi connectivity index (χ4v) is 3.59. The maximum Gasteiger partial charge on any atom is 0.282 e. The lowest BCUT2D eigenvalue weighted by atomic mass is 9.92. The Morgan fingerprint density at radius 2 is 2.00 bits per heavy atom. The van der Waals surface area contributed by atoms with Crippen molar-refractivity contribution >= 4 is 11.6 Å². The number of hydrogen-bond acceptors (Lipinski definition) is 5. The minimum atomic E-state index is -2.69. The van der Waals surface area contributed by atoms with Gasteiger partial charge in [0.05, 0.1) is 31.8 Å². The van der Waals surface area contributed by atoms with Crippen molar-refractivity contribution < 1.29 is 23.4 Å². The molecule has 1 aliphatic heterocycles. The predicted molar refractivity (Wildman–Crippen MR) is 95.3 cm³/mol. The standard InChI is InChI=1S/C19H25F2N3O3/c20-19(21)10-24(11-19)15-8-7-14(23-18(15)27-9-12-5-6-12)17(26)22-13-3-1-2-4-16(13)25/h7-8,12-13,16,25H,1-6,9-11H2,(H,22,26). The van der Waals surface area contributed by atoms with Gasteiger partial charge in [0.15, 0.2) is 0 Å². The average Bonchev–Trinajstić information content (AvgIpc) is 3.44. The van der Waals surface area contributed by atoms with Crippen molar-refractivity contribution in [3.63, 3.8) is 0 Å². The minimum Gasteiger partial charge on any atom is -0.476 e. The molecular formula is C19H25F2N3O3. The van der Waals surface area contributed by atoms with Gasteiger partial charge in [0.25, 0.3) is 11.8 Å². The quantitative estimate of drug-likeness (QED) is 0.791. The van der Waals surface area contributed by atoms with E-state index in [1.165, 1.54) is 11.0 Å². The van der Waals surface area contributed by atoms with Crippen molar-refractivity contribution in [2.75, 3.05) is 24.6 Å². The summed E-state index contributed by atoms with van der Waals surface area (Å²) in [5, 5.41) is 12.9. The molecule has 3 aliphatic rings. The average molecular weight is 381 g/mol. The van der Waals surface area contributed by atoms with Crippen LogP contribution in [-0.4, -0.2) is 53.8 Å². The van der Waals surface area contributed by atoms with Gasteiger partial charge in [0.2, 0.25) is 5.88 Å². The molecule has 148 valence electrons. The molecule has 27 heavy (non-hydrogen) atoms. The van der Waals surface area contributed by atoms with Gasteiger partial charge in [-0.3, -0.25) is 4.79 Å². The predicted octanol–water partition coefficient (Wildman–Crippen LogP) is 2.36. The summed E-state index contributed by atoms with van der Waals surface area (Å²) >= 11 is 0. The van der Waals surface area contributed by atoms with E-state index in [-0.39, 0.29) is 36.6 Å². The summed E-state index contributed by atoms with van der Waals surface area (Å²) in [6.45, 7) is -0.251. The minimum absolute atomic E-state index is 0.176. The summed E-state index contributed by atoms with van der Waals surface area (Å²) in [5.74, 6) is -2.36. The summed E-state index contributed by atoms with van der Waals surface area (Å²) < 4.78 is 32.2. The zero-order chi connectivity index (χ0) is 19.0. The third kappa shape index (κ3) is 4.31. The normalized spacial score (nSPS) is 27.0. The van der Waals surface area contributed by atoms with Crippen LogP contribution in [0.5, 0.6) is 5.88 Å². The molecule has 0 aromatic carbocycles. The first-order valence-electron chi connectivity index (χ1n) is 9.67. The molecule has 3 fully saturated rings. The van der Waals surface area contributed by atoms with Gasteiger partial charge >= 0.3 is 0 Å².